The molecule has 35 heavy (non-hydrogen) atoms. The molecule has 3 rings (SSSR count). The van der Waals surface area contributed by atoms with Gasteiger partial charge in [-0.1, -0.05) is 42.5 Å². The number of nitrogens with two attached hydrogens (primary N) is 1. The number of benzene rings is 1. The minimum atomic E-state index is -0.787. The van der Waals surface area contributed by atoms with Crippen LogP contribution >= 0.6 is 23.5 Å². The molecule has 1 saturated carbocycles. The zero-order valence-electron chi connectivity index (χ0n) is 19.0. The van der Waals surface area contributed by atoms with Gasteiger partial charge in [-0.2, -0.15) is 0 Å². The maximum atomic E-state index is 15.1. The summed E-state index contributed by atoms with van der Waals surface area (Å²) in [5.74, 6) is -2.01. The average molecular weight is 521 g/mol. The number of nitrogens with one attached hydrogen (secondary N) is 1. The lowest BCUT2D eigenvalue weighted by Gasteiger charge is -2.18. The van der Waals surface area contributed by atoms with Gasteiger partial charge in [0.25, 0.3) is 0 Å². The van der Waals surface area contributed by atoms with E-state index in [0.717, 1.165) is 43.7 Å². The molecule has 0 bridgehead atoms. The fourth-order valence-corrected chi connectivity index (χ4v) is 4.79. The number of phenolic OH excluding ortho intramolecular Hbond substituents is 1. The molecule has 0 aliphatic heterocycles. The molecule has 0 unspecified atom stereocenters. The quantitative estimate of drug-likeness (QED) is 0.235. The van der Waals surface area contributed by atoms with Gasteiger partial charge in [0.05, 0.1) is 22.6 Å². The van der Waals surface area contributed by atoms with Gasteiger partial charge in [0.2, 0.25) is 5.91 Å². The molecule has 0 saturated heterocycles. The number of hydrogen-bond donors (Lipinski definition) is 3. The molecule has 2 aliphatic carbocycles. The van der Waals surface area contributed by atoms with Gasteiger partial charge in [0, 0.05) is 22.8 Å². The Bertz CT molecular complexity index is 1140. The number of hydrogen-bond acceptors (Lipinski definition) is 5. The molecule has 9 heteroatoms. The molecule has 1 amide bonds. The summed E-state index contributed by atoms with van der Waals surface area (Å²) in [5, 5.41) is 9.99. The third-order valence-electron chi connectivity index (χ3n) is 5.52. The summed E-state index contributed by atoms with van der Waals surface area (Å²) in [6.07, 6.45) is 14.1. The summed E-state index contributed by atoms with van der Waals surface area (Å²) in [6.45, 7) is 3.36. The summed E-state index contributed by atoms with van der Waals surface area (Å²) in [6, 6.07) is 2.56. The maximum Gasteiger partial charge on any atom is 0.248 e. The van der Waals surface area contributed by atoms with Crippen LogP contribution in [0.1, 0.15) is 42.5 Å². The Labute approximate surface area is 212 Å². The fraction of sp³-hybridized carbons (Fsp3) is 0.269. The van der Waals surface area contributed by atoms with E-state index in [0.29, 0.717) is 17.8 Å². The highest BCUT2D eigenvalue weighted by Gasteiger charge is 2.21. The highest BCUT2D eigenvalue weighted by Crippen LogP contribution is 2.35. The standard InChI is InChI=1S/C26H27ClF2N2O3S/c1-2-19(20-10-4-3-5-11-23(20)34-18-8-6-7-9-18)22(29)14-17(28)15-31-35-24-13-16(26(30)33)12-21(27)25(24)32/h2-5,11-14,18,31-32H,1,6-10,15H2,(H2,30,33)/b17-14+,22-19-. The highest BCUT2D eigenvalue weighted by molar-refractivity contribution is 7.97. The fourth-order valence-electron chi connectivity index (χ4n) is 3.76. The lowest BCUT2D eigenvalue weighted by Crippen LogP contribution is -2.11. The number of amides is 1. The van der Waals surface area contributed by atoms with E-state index in [2.05, 4.69) is 11.3 Å². The zero-order valence-corrected chi connectivity index (χ0v) is 20.6. The lowest BCUT2D eigenvalue weighted by atomic mass is 10.00. The van der Waals surface area contributed by atoms with Crippen LogP contribution in [0.4, 0.5) is 8.78 Å². The predicted molar refractivity (Wildman–Crippen MR) is 136 cm³/mol. The molecule has 0 spiro atoms. The molecule has 1 fully saturated rings. The molecule has 2 aliphatic rings. The molecule has 0 atom stereocenters. The number of halogens is 3. The minimum absolute atomic E-state index is 0.0679. The zero-order chi connectivity index (χ0) is 25.4. The van der Waals surface area contributed by atoms with Crippen molar-refractivity contribution in [2.24, 2.45) is 5.73 Å². The van der Waals surface area contributed by atoms with Crippen LogP contribution in [0.5, 0.6) is 5.75 Å². The van der Waals surface area contributed by atoms with Crippen LogP contribution in [0.25, 0.3) is 0 Å². The second-order valence-electron chi connectivity index (χ2n) is 8.01. The third-order valence-corrected chi connectivity index (χ3v) is 6.62. The number of primary amides is 1. The van der Waals surface area contributed by atoms with Crippen LogP contribution in [0.2, 0.25) is 5.02 Å². The van der Waals surface area contributed by atoms with E-state index >= 15 is 4.39 Å². The topological polar surface area (TPSA) is 84.6 Å². The Morgan fingerprint density at radius 2 is 2.06 bits per heavy atom. The second kappa shape index (κ2) is 12.8. The molecule has 1 aromatic rings. The van der Waals surface area contributed by atoms with E-state index in [4.69, 9.17) is 22.1 Å². The van der Waals surface area contributed by atoms with Crippen LogP contribution in [0.15, 0.2) is 88.6 Å². The van der Waals surface area contributed by atoms with E-state index in [9.17, 15) is 14.3 Å². The number of aromatic hydroxyl groups is 1. The van der Waals surface area contributed by atoms with Crippen molar-refractivity contribution in [1.29, 1.82) is 0 Å². The molecular weight excluding hydrogens is 494 g/mol. The monoisotopic (exact) mass is 520 g/mol. The summed E-state index contributed by atoms with van der Waals surface area (Å²) < 4.78 is 38.5. The van der Waals surface area contributed by atoms with Gasteiger partial charge in [0.15, 0.2) is 0 Å². The van der Waals surface area contributed by atoms with Crippen molar-refractivity contribution in [2.75, 3.05) is 6.54 Å². The van der Waals surface area contributed by atoms with Gasteiger partial charge in [-0.25, -0.2) is 8.78 Å². The molecule has 4 N–H and O–H groups in total. The highest BCUT2D eigenvalue weighted by atomic mass is 35.5. The first-order chi connectivity index (χ1) is 16.8. The molecular formula is C26H27ClF2N2O3S. The molecule has 0 aromatic heterocycles. The Kier molecular flexibility index (Phi) is 9.77. The van der Waals surface area contributed by atoms with Crippen LogP contribution in [-0.2, 0) is 4.74 Å². The lowest BCUT2D eigenvalue weighted by molar-refractivity contribution is 0.1000. The van der Waals surface area contributed by atoms with Crippen molar-refractivity contribution in [2.45, 2.75) is 43.1 Å². The Morgan fingerprint density at radius 3 is 2.74 bits per heavy atom. The molecule has 0 radical (unpaired) electrons. The van der Waals surface area contributed by atoms with Crippen molar-refractivity contribution < 1.29 is 23.4 Å². The van der Waals surface area contributed by atoms with Crippen LogP contribution in [-0.4, -0.2) is 23.7 Å². The number of rotatable bonds is 10. The van der Waals surface area contributed by atoms with E-state index in [1.807, 2.05) is 18.2 Å². The Morgan fingerprint density at radius 1 is 1.31 bits per heavy atom. The maximum absolute atomic E-state index is 15.1. The summed E-state index contributed by atoms with van der Waals surface area (Å²) in [5.41, 5.74) is 6.10. The predicted octanol–water partition coefficient (Wildman–Crippen LogP) is 6.73. The molecule has 5 nitrogen and oxygen atoms in total. The van der Waals surface area contributed by atoms with Crippen molar-refractivity contribution in [3.8, 4) is 5.75 Å². The van der Waals surface area contributed by atoms with Gasteiger partial charge in [0.1, 0.15) is 23.2 Å². The number of ether oxygens (including phenoxy) is 1. The second-order valence-corrected chi connectivity index (χ2v) is 9.35. The third kappa shape index (κ3) is 7.34. The number of carbonyl (C=O) groups is 1. The molecule has 0 heterocycles. The van der Waals surface area contributed by atoms with Crippen molar-refractivity contribution in [3.63, 3.8) is 0 Å². The largest absolute Gasteiger partial charge is 0.505 e. The smallest absolute Gasteiger partial charge is 0.248 e. The van der Waals surface area contributed by atoms with E-state index in [-0.39, 0.29) is 39.5 Å². The summed E-state index contributed by atoms with van der Waals surface area (Å²) in [4.78, 5) is 11.6. The van der Waals surface area contributed by atoms with Gasteiger partial charge in [-0.3, -0.25) is 9.52 Å². The first kappa shape index (κ1) is 26.8. The number of phenols is 1. The Balaban J connectivity index is 1.76. The van der Waals surface area contributed by atoms with Gasteiger partial charge in [-0.05, 0) is 62.3 Å². The minimum Gasteiger partial charge on any atom is -0.505 e. The normalized spacial score (nSPS) is 17.4. The van der Waals surface area contributed by atoms with Gasteiger partial charge in [-0.15, -0.1) is 0 Å². The average Bonchev–Trinajstić information content (AvgIpc) is 3.23. The first-order valence-corrected chi connectivity index (χ1v) is 12.3. The van der Waals surface area contributed by atoms with E-state index in [1.54, 1.807) is 6.08 Å². The van der Waals surface area contributed by atoms with E-state index in [1.165, 1.54) is 18.2 Å². The summed E-state index contributed by atoms with van der Waals surface area (Å²) >= 11 is 6.73. The van der Waals surface area contributed by atoms with Crippen molar-refractivity contribution in [1.82, 2.24) is 4.72 Å². The molecule has 1 aromatic carbocycles. The SMILES string of the molecule is C=C/C(C1=C(OC2CCCC2)C=CC=CC1)=C(F)\C=C(\F)CNSc1cc(C(N)=O)cc(Cl)c1O. The van der Waals surface area contributed by atoms with E-state index < -0.39 is 17.6 Å². The number of carbonyl (C=O) groups excluding carboxylic acids is 1. The van der Waals surface area contributed by atoms with Crippen LogP contribution in [0.3, 0.4) is 0 Å². The van der Waals surface area contributed by atoms with Crippen LogP contribution in [0, 0.1) is 0 Å². The number of allylic oxidation sites excluding steroid dienone is 9. The van der Waals surface area contributed by atoms with Crippen molar-refractivity contribution in [3.05, 3.63) is 94.3 Å². The van der Waals surface area contributed by atoms with Gasteiger partial charge < -0.3 is 15.6 Å². The Hall–Kier alpha value is -2.81. The first-order valence-electron chi connectivity index (χ1n) is 11.1. The molecule has 186 valence electrons. The van der Waals surface area contributed by atoms with Crippen LogP contribution < -0.4 is 10.5 Å². The summed E-state index contributed by atoms with van der Waals surface area (Å²) in [7, 11) is 0. The van der Waals surface area contributed by atoms with Crippen molar-refractivity contribution >= 4 is 29.5 Å². The van der Waals surface area contributed by atoms with Gasteiger partial charge >= 0.3 is 0 Å².